The fraction of sp³-hybridized carbons (Fsp3) is 0. The van der Waals surface area contributed by atoms with Gasteiger partial charge in [-0.3, -0.25) is 9.36 Å². The molecule has 5 nitrogen and oxygen atoms in total. The number of rotatable bonds is 3. The second-order valence-corrected chi connectivity index (χ2v) is 4.67. The van der Waals surface area contributed by atoms with E-state index in [2.05, 4.69) is 4.98 Å². The van der Waals surface area contributed by atoms with Crippen molar-refractivity contribution < 1.29 is 14.7 Å². The average molecular weight is 292 g/mol. The Hall–Kier alpha value is -3.21. The molecule has 3 aromatic rings. The third kappa shape index (κ3) is 2.52. The van der Waals surface area contributed by atoms with Crippen LogP contribution in [0.25, 0.3) is 11.4 Å². The molecule has 0 bridgehead atoms. The van der Waals surface area contributed by atoms with Crippen LogP contribution in [0.5, 0.6) is 0 Å². The standard InChI is InChI=1S/C17H12N2O3/c20-16(13-6-8-14(9-7-13)17(21)22)19-11-10-18-15(19)12-4-2-1-3-5-12/h1-11H,(H,21,22). The minimum absolute atomic E-state index is 0.144. The lowest BCUT2D eigenvalue weighted by molar-refractivity contribution is 0.0696. The second kappa shape index (κ2) is 5.65. The first-order valence-corrected chi connectivity index (χ1v) is 6.63. The number of aromatic nitrogens is 2. The van der Waals surface area contributed by atoms with Crippen molar-refractivity contribution in [2.75, 3.05) is 0 Å². The normalized spacial score (nSPS) is 10.4. The second-order valence-electron chi connectivity index (χ2n) is 4.67. The number of carboxylic acid groups (broad SMARTS) is 1. The number of hydrogen-bond acceptors (Lipinski definition) is 3. The Bertz CT molecular complexity index is 821. The number of aromatic carboxylic acids is 1. The van der Waals surface area contributed by atoms with Crippen LogP contribution >= 0.6 is 0 Å². The summed E-state index contributed by atoms with van der Waals surface area (Å²) in [5.41, 5.74) is 1.38. The van der Waals surface area contributed by atoms with E-state index in [0.717, 1.165) is 5.56 Å². The first-order valence-electron chi connectivity index (χ1n) is 6.63. The molecule has 0 aliphatic heterocycles. The van der Waals surface area contributed by atoms with E-state index in [4.69, 9.17) is 5.11 Å². The summed E-state index contributed by atoms with van der Waals surface area (Å²) in [6.07, 6.45) is 3.15. The van der Waals surface area contributed by atoms with Gasteiger partial charge in [-0.25, -0.2) is 9.78 Å². The monoisotopic (exact) mass is 292 g/mol. The molecule has 22 heavy (non-hydrogen) atoms. The zero-order chi connectivity index (χ0) is 15.5. The number of benzene rings is 2. The molecule has 2 aromatic carbocycles. The minimum atomic E-state index is -1.02. The number of carbonyl (C=O) groups is 2. The van der Waals surface area contributed by atoms with Crippen molar-refractivity contribution >= 4 is 11.9 Å². The van der Waals surface area contributed by atoms with Crippen LogP contribution in [0.4, 0.5) is 0 Å². The van der Waals surface area contributed by atoms with Gasteiger partial charge in [0.15, 0.2) is 0 Å². The fourth-order valence-corrected chi connectivity index (χ4v) is 2.16. The predicted molar refractivity (Wildman–Crippen MR) is 80.8 cm³/mol. The maximum Gasteiger partial charge on any atom is 0.335 e. The van der Waals surface area contributed by atoms with Crippen molar-refractivity contribution in [3.05, 3.63) is 78.1 Å². The fourth-order valence-electron chi connectivity index (χ4n) is 2.16. The summed E-state index contributed by atoms with van der Waals surface area (Å²) in [5, 5.41) is 8.89. The number of nitrogens with zero attached hydrogens (tertiary/aromatic N) is 2. The van der Waals surface area contributed by atoms with Gasteiger partial charge in [-0.05, 0) is 24.3 Å². The summed E-state index contributed by atoms with van der Waals surface area (Å²) in [4.78, 5) is 27.6. The van der Waals surface area contributed by atoms with Crippen molar-refractivity contribution in [1.29, 1.82) is 0 Å². The topological polar surface area (TPSA) is 72.2 Å². The summed E-state index contributed by atoms with van der Waals surface area (Å²) in [5.74, 6) is -0.729. The molecule has 0 radical (unpaired) electrons. The van der Waals surface area contributed by atoms with E-state index in [-0.39, 0.29) is 11.5 Å². The lowest BCUT2D eigenvalue weighted by Crippen LogP contribution is -2.12. The largest absolute Gasteiger partial charge is 0.478 e. The highest BCUT2D eigenvalue weighted by molar-refractivity contribution is 5.99. The van der Waals surface area contributed by atoms with Crippen LogP contribution in [0.1, 0.15) is 20.7 Å². The summed E-state index contributed by atoms with van der Waals surface area (Å²) >= 11 is 0. The zero-order valence-corrected chi connectivity index (χ0v) is 11.5. The van der Waals surface area contributed by atoms with Crippen molar-refractivity contribution in [1.82, 2.24) is 9.55 Å². The van der Waals surface area contributed by atoms with Crippen LogP contribution in [0.2, 0.25) is 0 Å². The molecule has 0 aliphatic rings. The Morgan fingerprint density at radius 3 is 2.18 bits per heavy atom. The SMILES string of the molecule is O=C(O)c1ccc(C(=O)n2ccnc2-c2ccccc2)cc1. The van der Waals surface area contributed by atoms with E-state index >= 15 is 0 Å². The van der Waals surface area contributed by atoms with Crippen molar-refractivity contribution in [3.8, 4) is 11.4 Å². The quantitative estimate of drug-likeness (QED) is 0.805. The minimum Gasteiger partial charge on any atom is -0.478 e. The van der Waals surface area contributed by atoms with Gasteiger partial charge in [-0.2, -0.15) is 0 Å². The number of carboxylic acids is 1. The molecule has 1 N–H and O–H groups in total. The Balaban J connectivity index is 1.97. The lowest BCUT2D eigenvalue weighted by Gasteiger charge is -2.07. The van der Waals surface area contributed by atoms with E-state index in [1.807, 2.05) is 30.3 Å². The summed E-state index contributed by atoms with van der Waals surface area (Å²) < 4.78 is 1.45. The van der Waals surface area contributed by atoms with Crippen molar-refractivity contribution in [2.45, 2.75) is 0 Å². The zero-order valence-electron chi connectivity index (χ0n) is 11.5. The van der Waals surface area contributed by atoms with Crippen molar-refractivity contribution in [2.24, 2.45) is 0 Å². The molecule has 3 rings (SSSR count). The molecular formula is C17H12N2O3. The van der Waals surface area contributed by atoms with Crippen LogP contribution in [-0.4, -0.2) is 26.5 Å². The predicted octanol–water partition coefficient (Wildman–Crippen LogP) is 2.94. The van der Waals surface area contributed by atoms with Crippen LogP contribution in [-0.2, 0) is 0 Å². The maximum absolute atomic E-state index is 12.6. The first kappa shape index (κ1) is 13.8. The molecule has 1 aromatic heterocycles. The molecule has 108 valence electrons. The smallest absolute Gasteiger partial charge is 0.335 e. The molecular weight excluding hydrogens is 280 g/mol. The lowest BCUT2D eigenvalue weighted by atomic mass is 10.1. The molecule has 0 atom stereocenters. The summed E-state index contributed by atoms with van der Waals surface area (Å²) in [6.45, 7) is 0. The van der Waals surface area contributed by atoms with Crippen LogP contribution in [0.15, 0.2) is 67.0 Å². The van der Waals surface area contributed by atoms with Crippen LogP contribution < -0.4 is 0 Å². The highest BCUT2D eigenvalue weighted by Gasteiger charge is 2.14. The van der Waals surface area contributed by atoms with Gasteiger partial charge in [0.25, 0.3) is 5.91 Å². The molecule has 0 spiro atoms. The molecule has 0 aliphatic carbocycles. The van der Waals surface area contributed by atoms with Gasteiger partial charge in [0.1, 0.15) is 5.82 Å². The first-order chi connectivity index (χ1) is 10.7. The highest BCUT2D eigenvalue weighted by Crippen LogP contribution is 2.18. The average Bonchev–Trinajstić information content (AvgIpc) is 3.04. The van der Waals surface area contributed by atoms with Gasteiger partial charge in [0.2, 0.25) is 0 Å². The Morgan fingerprint density at radius 2 is 1.55 bits per heavy atom. The molecule has 5 heteroatoms. The summed E-state index contributed by atoms with van der Waals surface area (Å²) in [7, 11) is 0. The van der Waals surface area contributed by atoms with Crippen LogP contribution in [0.3, 0.4) is 0 Å². The molecule has 0 amide bonds. The Kier molecular flexibility index (Phi) is 3.53. The summed E-state index contributed by atoms with van der Waals surface area (Å²) in [6, 6.07) is 15.2. The molecule has 0 saturated carbocycles. The van der Waals surface area contributed by atoms with Crippen LogP contribution in [0, 0.1) is 0 Å². The number of hydrogen-bond donors (Lipinski definition) is 1. The third-order valence-corrected chi connectivity index (χ3v) is 3.27. The van der Waals surface area contributed by atoms with Gasteiger partial charge in [-0.1, -0.05) is 30.3 Å². The molecule has 0 unspecified atom stereocenters. The van der Waals surface area contributed by atoms with Gasteiger partial charge in [0, 0.05) is 23.5 Å². The highest BCUT2D eigenvalue weighted by atomic mass is 16.4. The Labute approximate surface area is 126 Å². The molecule has 0 saturated heterocycles. The van der Waals surface area contributed by atoms with Gasteiger partial charge < -0.3 is 5.11 Å². The Morgan fingerprint density at radius 1 is 0.909 bits per heavy atom. The van der Waals surface area contributed by atoms with E-state index in [9.17, 15) is 9.59 Å². The third-order valence-electron chi connectivity index (χ3n) is 3.27. The van der Waals surface area contributed by atoms with E-state index < -0.39 is 5.97 Å². The molecule has 0 fully saturated rings. The van der Waals surface area contributed by atoms with E-state index in [1.165, 1.54) is 28.8 Å². The van der Waals surface area contributed by atoms with Gasteiger partial charge in [0.05, 0.1) is 5.56 Å². The van der Waals surface area contributed by atoms with E-state index in [1.54, 1.807) is 12.4 Å². The van der Waals surface area contributed by atoms with Crippen molar-refractivity contribution in [3.63, 3.8) is 0 Å². The van der Waals surface area contributed by atoms with Gasteiger partial charge >= 0.3 is 5.97 Å². The van der Waals surface area contributed by atoms with Gasteiger partial charge in [-0.15, -0.1) is 0 Å². The maximum atomic E-state index is 12.6. The van der Waals surface area contributed by atoms with E-state index in [0.29, 0.717) is 11.4 Å². The number of imidazole rings is 1. The molecule has 1 heterocycles. The number of carbonyl (C=O) groups excluding carboxylic acids is 1.